The Labute approximate surface area is 189 Å². The number of anilines is 1. The molecule has 0 radical (unpaired) electrons. The Morgan fingerprint density at radius 2 is 1.81 bits per heavy atom. The van der Waals surface area contributed by atoms with E-state index in [1.807, 2.05) is 31.2 Å². The lowest BCUT2D eigenvalue weighted by Crippen LogP contribution is -2.11. The van der Waals surface area contributed by atoms with Crippen molar-refractivity contribution in [2.75, 3.05) is 5.32 Å². The predicted molar refractivity (Wildman–Crippen MR) is 124 cm³/mol. The van der Waals surface area contributed by atoms with E-state index in [1.165, 1.54) is 16.0 Å². The average Bonchev–Trinajstić information content (AvgIpc) is 3.39. The van der Waals surface area contributed by atoms with E-state index in [4.69, 9.17) is 16.1 Å². The number of thiophene rings is 1. The molecule has 1 N–H and O–H groups in total. The van der Waals surface area contributed by atoms with Crippen molar-refractivity contribution in [2.45, 2.75) is 32.6 Å². The second kappa shape index (κ2) is 8.29. The largest absolute Gasteiger partial charge is 0.333 e. The fraction of sp³-hybridized carbons (Fsp3) is 0.208. The number of aryl methyl sites for hydroxylation is 2. The van der Waals surface area contributed by atoms with Crippen molar-refractivity contribution in [1.82, 2.24) is 10.1 Å². The van der Waals surface area contributed by atoms with Gasteiger partial charge in [-0.3, -0.25) is 4.79 Å². The van der Waals surface area contributed by atoms with Gasteiger partial charge in [-0.1, -0.05) is 46.6 Å². The first kappa shape index (κ1) is 20.0. The monoisotopic (exact) mass is 449 g/mol. The highest BCUT2D eigenvalue weighted by atomic mass is 35.5. The topological polar surface area (TPSA) is 68.0 Å². The maximum atomic E-state index is 12.9. The normalized spacial score (nSPS) is 13.1. The Bertz CT molecular complexity index is 1240. The summed E-state index contributed by atoms with van der Waals surface area (Å²) in [7, 11) is 0. The minimum absolute atomic E-state index is 0.185. The lowest BCUT2D eigenvalue weighted by molar-refractivity contribution is 0.102. The van der Waals surface area contributed by atoms with Gasteiger partial charge in [-0.15, -0.1) is 11.3 Å². The van der Waals surface area contributed by atoms with Crippen LogP contribution in [0.1, 0.15) is 39.2 Å². The Morgan fingerprint density at radius 3 is 2.58 bits per heavy atom. The number of amides is 1. The van der Waals surface area contributed by atoms with E-state index in [1.54, 1.807) is 35.6 Å². The Morgan fingerprint density at radius 1 is 1.06 bits per heavy atom. The molecule has 7 heteroatoms. The molecule has 1 aliphatic rings. The van der Waals surface area contributed by atoms with Gasteiger partial charge in [0.1, 0.15) is 5.00 Å². The van der Waals surface area contributed by atoms with Crippen molar-refractivity contribution >= 4 is 33.8 Å². The molecule has 0 saturated carbocycles. The van der Waals surface area contributed by atoms with Gasteiger partial charge in [0.15, 0.2) is 0 Å². The SMILES string of the molecule is Cc1ccc(-c2noc(-c3c(NC(=O)c4ccc(Cl)cc4)sc4c3CCCC4)n2)cc1. The Kier molecular flexibility index (Phi) is 5.34. The van der Waals surface area contributed by atoms with Gasteiger partial charge in [-0.2, -0.15) is 4.98 Å². The molecule has 0 atom stereocenters. The highest BCUT2D eigenvalue weighted by Crippen LogP contribution is 2.44. The third-order valence-electron chi connectivity index (χ3n) is 5.45. The van der Waals surface area contributed by atoms with Crippen molar-refractivity contribution < 1.29 is 9.32 Å². The van der Waals surface area contributed by atoms with E-state index >= 15 is 0 Å². The Hall–Kier alpha value is -2.96. The summed E-state index contributed by atoms with van der Waals surface area (Å²) in [6.45, 7) is 2.04. The number of halogens is 1. The smallest absolute Gasteiger partial charge is 0.261 e. The molecule has 1 aliphatic carbocycles. The molecule has 31 heavy (non-hydrogen) atoms. The molecule has 0 spiro atoms. The molecule has 0 aliphatic heterocycles. The summed E-state index contributed by atoms with van der Waals surface area (Å²) < 4.78 is 5.68. The van der Waals surface area contributed by atoms with Crippen LogP contribution < -0.4 is 5.32 Å². The number of hydrogen-bond acceptors (Lipinski definition) is 5. The zero-order valence-corrected chi connectivity index (χ0v) is 18.5. The van der Waals surface area contributed by atoms with Crippen LogP contribution in [0, 0.1) is 6.92 Å². The third kappa shape index (κ3) is 4.01. The van der Waals surface area contributed by atoms with Gasteiger partial charge in [-0.05, 0) is 62.4 Å². The standard InChI is InChI=1S/C24H20ClN3O2S/c1-14-6-8-15(9-7-14)21-26-23(30-28-21)20-18-4-2-3-5-19(18)31-24(20)27-22(29)16-10-12-17(25)13-11-16/h6-13H,2-5H2,1H3,(H,27,29). The first-order valence-electron chi connectivity index (χ1n) is 10.2. The van der Waals surface area contributed by atoms with Crippen molar-refractivity contribution in [1.29, 1.82) is 0 Å². The molecular formula is C24H20ClN3O2S. The highest BCUT2D eigenvalue weighted by molar-refractivity contribution is 7.17. The van der Waals surface area contributed by atoms with E-state index in [0.717, 1.165) is 41.8 Å². The Balaban J connectivity index is 1.52. The number of carbonyl (C=O) groups is 1. The summed E-state index contributed by atoms with van der Waals surface area (Å²) >= 11 is 7.56. The van der Waals surface area contributed by atoms with E-state index in [9.17, 15) is 4.79 Å². The van der Waals surface area contributed by atoms with Gasteiger partial charge in [0, 0.05) is 21.0 Å². The second-order valence-electron chi connectivity index (χ2n) is 7.67. The van der Waals surface area contributed by atoms with Gasteiger partial charge < -0.3 is 9.84 Å². The van der Waals surface area contributed by atoms with E-state index in [0.29, 0.717) is 22.3 Å². The number of fused-ring (bicyclic) bond motifs is 1. The molecule has 1 amide bonds. The van der Waals surface area contributed by atoms with Gasteiger partial charge in [-0.25, -0.2) is 0 Å². The first-order valence-corrected chi connectivity index (χ1v) is 11.4. The quantitative estimate of drug-likeness (QED) is 0.383. The van der Waals surface area contributed by atoms with Crippen molar-refractivity contribution in [2.24, 2.45) is 0 Å². The maximum Gasteiger partial charge on any atom is 0.261 e. The zero-order chi connectivity index (χ0) is 21.4. The van der Waals surface area contributed by atoms with Crippen LogP contribution in [0.4, 0.5) is 5.00 Å². The van der Waals surface area contributed by atoms with E-state index in [-0.39, 0.29) is 5.91 Å². The van der Waals surface area contributed by atoms with Gasteiger partial charge in [0.2, 0.25) is 5.82 Å². The number of nitrogens with zero attached hydrogens (tertiary/aromatic N) is 2. The second-order valence-corrected chi connectivity index (χ2v) is 9.21. The van der Waals surface area contributed by atoms with Crippen LogP contribution in [0.15, 0.2) is 53.1 Å². The number of benzene rings is 2. The number of nitrogens with one attached hydrogen (secondary N) is 1. The molecule has 5 rings (SSSR count). The van der Waals surface area contributed by atoms with Crippen molar-refractivity contribution in [3.05, 3.63) is 75.1 Å². The number of rotatable bonds is 4. The van der Waals surface area contributed by atoms with Crippen molar-refractivity contribution in [3.8, 4) is 22.8 Å². The predicted octanol–water partition coefficient (Wildman–Crippen LogP) is 6.56. The summed E-state index contributed by atoms with van der Waals surface area (Å²) in [5, 5.41) is 8.62. The summed E-state index contributed by atoms with van der Waals surface area (Å²) in [5.74, 6) is 0.803. The van der Waals surface area contributed by atoms with Crippen LogP contribution in [0.5, 0.6) is 0 Å². The van der Waals surface area contributed by atoms with Crippen molar-refractivity contribution in [3.63, 3.8) is 0 Å². The zero-order valence-electron chi connectivity index (χ0n) is 16.9. The molecule has 0 fully saturated rings. The van der Waals surface area contributed by atoms with Gasteiger partial charge in [0.25, 0.3) is 11.8 Å². The molecular weight excluding hydrogens is 430 g/mol. The minimum Gasteiger partial charge on any atom is -0.333 e. The molecule has 0 saturated heterocycles. The molecule has 4 aromatic rings. The van der Waals surface area contributed by atoms with Crippen LogP contribution >= 0.6 is 22.9 Å². The number of hydrogen-bond donors (Lipinski definition) is 1. The molecule has 0 bridgehead atoms. The number of carbonyl (C=O) groups excluding carboxylic acids is 1. The third-order valence-corrected chi connectivity index (χ3v) is 6.91. The first-order chi connectivity index (χ1) is 15.1. The summed E-state index contributed by atoms with van der Waals surface area (Å²) in [5.41, 5.74) is 4.69. The minimum atomic E-state index is -0.185. The van der Waals surface area contributed by atoms with Gasteiger partial charge >= 0.3 is 0 Å². The lowest BCUT2D eigenvalue weighted by atomic mass is 9.95. The lowest BCUT2D eigenvalue weighted by Gasteiger charge is -2.11. The highest BCUT2D eigenvalue weighted by Gasteiger charge is 2.27. The fourth-order valence-electron chi connectivity index (χ4n) is 3.80. The molecule has 156 valence electrons. The van der Waals surface area contributed by atoms with E-state index < -0.39 is 0 Å². The van der Waals surface area contributed by atoms with E-state index in [2.05, 4.69) is 15.5 Å². The number of aromatic nitrogens is 2. The van der Waals surface area contributed by atoms with Crippen LogP contribution in [0.25, 0.3) is 22.8 Å². The van der Waals surface area contributed by atoms with Crippen LogP contribution in [-0.2, 0) is 12.8 Å². The molecule has 2 aromatic carbocycles. The average molecular weight is 450 g/mol. The molecule has 0 unspecified atom stereocenters. The van der Waals surface area contributed by atoms with Crippen LogP contribution in [0.2, 0.25) is 5.02 Å². The maximum absolute atomic E-state index is 12.9. The van der Waals surface area contributed by atoms with Crippen LogP contribution in [-0.4, -0.2) is 16.0 Å². The summed E-state index contributed by atoms with van der Waals surface area (Å²) in [6, 6.07) is 14.9. The fourth-order valence-corrected chi connectivity index (χ4v) is 5.20. The molecule has 2 aromatic heterocycles. The summed E-state index contributed by atoms with van der Waals surface area (Å²) in [6.07, 6.45) is 4.21. The molecule has 2 heterocycles. The van der Waals surface area contributed by atoms with Crippen LogP contribution in [0.3, 0.4) is 0 Å². The summed E-state index contributed by atoms with van der Waals surface area (Å²) in [4.78, 5) is 18.8. The van der Waals surface area contributed by atoms with Gasteiger partial charge in [0.05, 0.1) is 5.56 Å². The molecule has 5 nitrogen and oxygen atoms in total.